The lowest BCUT2D eigenvalue weighted by molar-refractivity contribution is -0.133. The molecule has 1 amide bonds. The summed E-state index contributed by atoms with van der Waals surface area (Å²) < 4.78 is 6.19. The highest BCUT2D eigenvalue weighted by molar-refractivity contribution is 6.35. The van der Waals surface area contributed by atoms with Crippen LogP contribution in [0, 0.1) is 5.41 Å². The topological polar surface area (TPSA) is 111 Å². The molecule has 0 spiro atoms. The first kappa shape index (κ1) is 29.9. The van der Waals surface area contributed by atoms with Crippen LogP contribution in [-0.4, -0.2) is 53.5 Å². The maximum absolute atomic E-state index is 12.7. The SMILES string of the molecule is CC(c1ccc(N2CCN(C(=O)CC(C)(C)CN)CC2)nc1)c1cc(O[C@H](C)c2c(Cl)cncc2Cl)ccc1N. The van der Waals surface area contributed by atoms with Crippen LogP contribution < -0.4 is 21.1 Å². The molecule has 3 heterocycles. The van der Waals surface area contributed by atoms with E-state index < -0.39 is 0 Å². The number of rotatable bonds is 9. The van der Waals surface area contributed by atoms with E-state index in [2.05, 4.69) is 22.9 Å². The van der Waals surface area contributed by atoms with E-state index in [1.54, 1.807) is 12.4 Å². The number of carbonyl (C=O) groups is 1. The standard InChI is InChI=1S/C30H38Cl2N6O2/c1-19(23-13-22(6-7-26(23)34)40-20(2)29-24(31)16-35-17-25(29)32)21-5-8-27(36-15-21)37-9-11-38(12-10-37)28(39)14-30(3,4)18-33/h5-8,13,15-17,19-20H,9-12,14,18,33-34H2,1-4H3/t19?,20-/m1/s1. The molecule has 214 valence electrons. The molecule has 1 aliphatic rings. The second kappa shape index (κ2) is 12.6. The van der Waals surface area contributed by atoms with Crippen molar-refractivity contribution in [3.63, 3.8) is 0 Å². The van der Waals surface area contributed by atoms with Crippen molar-refractivity contribution in [3.8, 4) is 5.75 Å². The van der Waals surface area contributed by atoms with E-state index in [9.17, 15) is 4.79 Å². The summed E-state index contributed by atoms with van der Waals surface area (Å²) in [6.45, 7) is 11.4. The first-order valence-electron chi connectivity index (χ1n) is 13.5. The number of amides is 1. The minimum Gasteiger partial charge on any atom is -0.486 e. The number of carbonyl (C=O) groups excluding carboxylic acids is 1. The predicted molar refractivity (Wildman–Crippen MR) is 162 cm³/mol. The first-order chi connectivity index (χ1) is 19.0. The zero-order valence-electron chi connectivity index (χ0n) is 23.5. The summed E-state index contributed by atoms with van der Waals surface area (Å²) in [6.07, 6.45) is 5.10. The Bertz CT molecular complexity index is 1310. The molecule has 0 aliphatic carbocycles. The van der Waals surface area contributed by atoms with Crippen molar-refractivity contribution in [3.05, 3.63) is 75.7 Å². The lowest BCUT2D eigenvalue weighted by Crippen LogP contribution is -2.50. The molecule has 1 unspecified atom stereocenters. The fourth-order valence-corrected chi connectivity index (χ4v) is 5.54. The summed E-state index contributed by atoms with van der Waals surface area (Å²) in [4.78, 5) is 25.6. The Balaban J connectivity index is 1.41. The first-order valence-corrected chi connectivity index (χ1v) is 14.3. The highest BCUT2D eigenvalue weighted by atomic mass is 35.5. The molecule has 4 rings (SSSR count). The van der Waals surface area contributed by atoms with Gasteiger partial charge >= 0.3 is 0 Å². The average molecular weight is 586 g/mol. The van der Waals surface area contributed by atoms with Gasteiger partial charge in [-0.15, -0.1) is 0 Å². The maximum Gasteiger partial charge on any atom is 0.223 e. The molecule has 0 radical (unpaired) electrons. The summed E-state index contributed by atoms with van der Waals surface area (Å²) in [6, 6.07) is 9.76. The smallest absolute Gasteiger partial charge is 0.223 e. The average Bonchev–Trinajstić information content (AvgIpc) is 2.93. The number of pyridine rings is 2. The van der Waals surface area contributed by atoms with Crippen LogP contribution >= 0.6 is 23.2 Å². The van der Waals surface area contributed by atoms with Gasteiger partial charge in [0, 0.05) is 68.4 Å². The van der Waals surface area contributed by atoms with E-state index in [0.29, 0.717) is 53.1 Å². The van der Waals surface area contributed by atoms with Crippen molar-refractivity contribution >= 4 is 40.6 Å². The van der Waals surface area contributed by atoms with Crippen molar-refractivity contribution in [2.75, 3.05) is 43.4 Å². The molecule has 10 heteroatoms. The van der Waals surface area contributed by atoms with Gasteiger partial charge in [0.2, 0.25) is 5.91 Å². The van der Waals surface area contributed by atoms with Crippen LogP contribution in [0.15, 0.2) is 48.9 Å². The molecule has 2 aromatic heterocycles. The quantitative estimate of drug-likeness (QED) is 0.311. The van der Waals surface area contributed by atoms with Gasteiger partial charge in [-0.3, -0.25) is 9.78 Å². The summed E-state index contributed by atoms with van der Waals surface area (Å²) >= 11 is 12.6. The van der Waals surface area contributed by atoms with E-state index in [4.69, 9.17) is 44.4 Å². The zero-order valence-corrected chi connectivity index (χ0v) is 25.0. The molecular weight excluding hydrogens is 547 g/mol. The van der Waals surface area contributed by atoms with Crippen LogP contribution in [-0.2, 0) is 4.79 Å². The summed E-state index contributed by atoms with van der Waals surface area (Å²) in [5.41, 5.74) is 15.3. The van der Waals surface area contributed by atoms with Crippen LogP contribution in [0.3, 0.4) is 0 Å². The van der Waals surface area contributed by atoms with Crippen LogP contribution in [0.4, 0.5) is 11.5 Å². The van der Waals surface area contributed by atoms with Gasteiger partial charge in [-0.05, 0) is 54.3 Å². The molecule has 40 heavy (non-hydrogen) atoms. The molecule has 1 aliphatic heterocycles. The molecule has 0 saturated carbocycles. The number of hydrogen-bond acceptors (Lipinski definition) is 7. The second-order valence-corrected chi connectivity index (χ2v) is 12.0. The number of hydrogen-bond donors (Lipinski definition) is 2. The van der Waals surface area contributed by atoms with E-state index in [1.165, 1.54) is 0 Å². The molecule has 1 aromatic carbocycles. The molecule has 1 saturated heterocycles. The molecule has 0 bridgehead atoms. The Hall–Kier alpha value is -3.07. The molecule has 8 nitrogen and oxygen atoms in total. The van der Waals surface area contributed by atoms with Crippen molar-refractivity contribution in [1.82, 2.24) is 14.9 Å². The van der Waals surface area contributed by atoms with Crippen LogP contribution in [0.5, 0.6) is 5.75 Å². The third-order valence-corrected chi connectivity index (χ3v) is 8.15. The molecule has 4 N–H and O–H groups in total. The summed E-state index contributed by atoms with van der Waals surface area (Å²) in [5, 5.41) is 0.914. The number of halogens is 2. The van der Waals surface area contributed by atoms with Gasteiger partial charge < -0.3 is 26.0 Å². The van der Waals surface area contributed by atoms with Gasteiger partial charge in [0.25, 0.3) is 0 Å². The largest absolute Gasteiger partial charge is 0.486 e. The predicted octanol–water partition coefficient (Wildman–Crippen LogP) is 5.68. The van der Waals surface area contributed by atoms with Gasteiger partial charge in [0.05, 0.1) is 10.0 Å². The summed E-state index contributed by atoms with van der Waals surface area (Å²) in [7, 11) is 0. The van der Waals surface area contributed by atoms with Gasteiger partial charge in [-0.1, -0.05) is 50.0 Å². The number of aromatic nitrogens is 2. The Kier molecular flexibility index (Phi) is 9.44. The van der Waals surface area contributed by atoms with Crippen molar-refractivity contribution in [1.29, 1.82) is 0 Å². The highest BCUT2D eigenvalue weighted by Crippen LogP contribution is 2.36. The Morgan fingerprint density at radius 3 is 2.33 bits per heavy atom. The normalized spacial score (nSPS) is 15.6. The number of anilines is 2. The van der Waals surface area contributed by atoms with Gasteiger partial charge in [0.1, 0.15) is 17.7 Å². The highest BCUT2D eigenvalue weighted by Gasteiger charge is 2.27. The minimum absolute atomic E-state index is 0.00567. The zero-order chi connectivity index (χ0) is 29.0. The number of nitrogens with two attached hydrogens (primary N) is 2. The Morgan fingerprint density at radius 1 is 1.05 bits per heavy atom. The number of nitrogen functional groups attached to an aromatic ring is 1. The molecule has 3 aromatic rings. The van der Waals surface area contributed by atoms with E-state index in [-0.39, 0.29) is 23.3 Å². The third-order valence-electron chi connectivity index (χ3n) is 7.54. The van der Waals surface area contributed by atoms with Gasteiger partial charge in [-0.25, -0.2) is 4.98 Å². The van der Waals surface area contributed by atoms with Gasteiger partial charge in [0.15, 0.2) is 0 Å². The maximum atomic E-state index is 12.7. The number of nitrogens with zero attached hydrogens (tertiary/aromatic N) is 4. The van der Waals surface area contributed by atoms with Crippen LogP contribution in [0.1, 0.15) is 62.8 Å². The minimum atomic E-state index is -0.376. The van der Waals surface area contributed by atoms with Crippen molar-refractivity contribution < 1.29 is 9.53 Å². The monoisotopic (exact) mass is 584 g/mol. The Morgan fingerprint density at radius 2 is 1.73 bits per heavy atom. The fourth-order valence-electron chi connectivity index (χ4n) is 4.87. The van der Waals surface area contributed by atoms with Crippen molar-refractivity contribution in [2.45, 2.75) is 46.1 Å². The van der Waals surface area contributed by atoms with E-state index in [0.717, 1.165) is 30.0 Å². The number of benzene rings is 1. The third kappa shape index (κ3) is 6.97. The van der Waals surface area contributed by atoms with Crippen molar-refractivity contribution in [2.24, 2.45) is 11.1 Å². The fraction of sp³-hybridized carbons (Fsp3) is 0.433. The number of piperazine rings is 1. The lowest BCUT2D eigenvalue weighted by Gasteiger charge is -2.37. The molecular formula is C30H38Cl2N6O2. The van der Waals surface area contributed by atoms with Crippen LogP contribution in [0.2, 0.25) is 10.0 Å². The second-order valence-electron chi connectivity index (χ2n) is 11.2. The van der Waals surface area contributed by atoms with E-state index in [1.807, 2.05) is 56.1 Å². The van der Waals surface area contributed by atoms with Crippen LogP contribution in [0.25, 0.3) is 0 Å². The van der Waals surface area contributed by atoms with E-state index >= 15 is 0 Å². The molecule has 2 atom stereocenters. The lowest BCUT2D eigenvalue weighted by atomic mass is 9.89. The van der Waals surface area contributed by atoms with Gasteiger partial charge in [-0.2, -0.15) is 0 Å². The Labute approximate surface area is 246 Å². The number of ether oxygens (including phenoxy) is 1. The summed E-state index contributed by atoms with van der Waals surface area (Å²) in [5.74, 6) is 1.72. The molecule has 1 fully saturated rings.